The number of benzene rings is 1. The van der Waals surface area contributed by atoms with E-state index in [-0.39, 0.29) is 35.7 Å². The molecule has 0 bridgehead atoms. The normalized spacial score (nSPS) is 11.1. The predicted molar refractivity (Wildman–Crippen MR) is 143 cm³/mol. The number of aliphatic hydroxyl groups excluding tert-OH is 1. The van der Waals surface area contributed by atoms with E-state index >= 15 is 0 Å². The number of aromatic carboxylic acids is 1. The van der Waals surface area contributed by atoms with E-state index in [1.54, 1.807) is 20.4 Å². The van der Waals surface area contributed by atoms with E-state index in [1.165, 1.54) is 100 Å². The van der Waals surface area contributed by atoms with Gasteiger partial charge in [0.1, 0.15) is 0 Å². The van der Waals surface area contributed by atoms with Gasteiger partial charge in [0.15, 0.2) is 0 Å². The third-order valence-electron chi connectivity index (χ3n) is 6.10. The molecular weight excluding hydrogens is 652 g/mol. The molecule has 0 saturated carbocycles. The summed E-state index contributed by atoms with van der Waals surface area (Å²) in [5.41, 5.74) is 0.348. The van der Waals surface area contributed by atoms with E-state index in [9.17, 15) is 15.0 Å². The largest absolute Gasteiger partial charge is 1.00 e. The number of carboxylic acids is 1. The minimum Gasteiger partial charge on any atom is 1.00 e. The van der Waals surface area contributed by atoms with Crippen LogP contribution in [0.2, 0.25) is 3.93 Å². The number of carboxylic acid groups (broad SMARTS) is 1. The van der Waals surface area contributed by atoms with Crippen molar-refractivity contribution >= 4 is 14.2 Å². The Hall–Kier alpha value is 0.935. The Balaban J connectivity index is 0. The topological polar surface area (TPSA) is 60.4 Å². The SMILES string of the molecule is CCCCCCCCCCCC(O)CCCCCCCC.C[CH2][Hg][S]c1ccccc1C(=O)[O-].[Na+]. The molecule has 1 aromatic carbocycles. The van der Waals surface area contributed by atoms with Crippen LogP contribution in [0, 0.1) is 0 Å². The Kier molecular flexibility index (Phi) is 32.1. The van der Waals surface area contributed by atoms with Crippen LogP contribution in [-0.4, -0.2) is 17.2 Å². The molecule has 0 aliphatic carbocycles. The summed E-state index contributed by atoms with van der Waals surface area (Å²) >= 11 is -0.888. The summed E-state index contributed by atoms with van der Waals surface area (Å²) in [4.78, 5) is 11.6. The van der Waals surface area contributed by atoms with Crippen LogP contribution in [0.15, 0.2) is 29.2 Å². The summed E-state index contributed by atoms with van der Waals surface area (Å²) in [6, 6.07) is 7.09. The fourth-order valence-electron chi connectivity index (χ4n) is 3.97. The van der Waals surface area contributed by atoms with Crippen LogP contribution in [0.4, 0.5) is 0 Å². The van der Waals surface area contributed by atoms with E-state index in [2.05, 4.69) is 20.8 Å². The number of carbonyl (C=O) groups is 1. The predicted octanol–water partition coefficient (Wildman–Crippen LogP) is 5.60. The molecule has 0 amide bonds. The van der Waals surface area contributed by atoms with Crippen LogP contribution in [-0.2, 0) is 23.1 Å². The Morgan fingerprint density at radius 1 is 0.800 bits per heavy atom. The van der Waals surface area contributed by atoms with Gasteiger partial charge in [-0.25, -0.2) is 0 Å². The molecule has 0 aromatic heterocycles. The fourth-order valence-corrected chi connectivity index (χ4v) is 12.8. The summed E-state index contributed by atoms with van der Waals surface area (Å²) in [7, 11) is 1.78. The maximum Gasteiger partial charge on any atom is 1.00 e. The Morgan fingerprint density at radius 2 is 1.23 bits per heavy atom. The van der Waals surface area contributed by atoms with Crippen molar-refractivity contribution in [3.63, 3.8) is 0 Å². The van der Waals surface area contributed by atoms with Gasteiger partial charge in [0, 0.05) is 0 Å². The van der Waals surface area contributed by atoms with Crippen molar-refractivity contribution < 1.29 is 67.6 Å². The third-order valence-corrected chi connectivity index (χ3v) is 18.1. The van der Waals surface area contributed by atoms with Gasteiger partial charge in [-0.2, -0.15) is 0 Å². The van der Waals surface area contributed by atoms with Crippen molar-refractivity contribution in [2.45, 2.75) is 145 Å². The van der Waals surface area contributed by atoms with Crippen LogP contribution < -0.4 is 34.7 Å². The summed E-state index contributed by atoms with van der Waals surface area (Å²) in [6.45, 7) is 6.70. The van der Waals surface area contributed by atoms with Crippen LogP contribution in [0.25, 0.3) is 0 Å². The molecule has 0 saturated heterocycles. The molecular formula is C29H51HgNaO3S. The molecule has 1 unspecified atom stereocenters. The van der Waals surface area contributed by atoms with Crippen molar-refractivity contribution in [1.29, 1.82) is 0 Å². The molecule has 1 rings (SSSR count). The van der Waals surface area contributed by atoms with E-state index < -0.39 is 29.0 Å². The van der Waals surface area contributed by atoms with E-state index in [4.69, 9.17) is 0 Å². The molecule has 0 aliphatic heterocycles. The second kappa shape index (κ2) is 29.5. The Morgan fingerprint density at radius 3 is 1.66 bits per heavy atom. The van der Waals surface area contributed by atoms with Crippen molar-refractivity contribution in [1.82, 2.24) is 0 Å². The molecule has 6 heteroatoms. The first-order valence-corrected chi connectivity index (χ1v) is 25.8. The molecule has 1 N–H and O–H groups in total. The fraction of sp³-hybridized carbons (Fsp3) is 0.759. The maximum atomic E-state index is 10.7. The Bertz CT molecular complexity index is 589. The van der Waals surface area contributed by atoms with Gasteiger partial charge >= 0.3 is 122 Å². The van der Waals surface area contributed by atoms with Crippen LogP contribution in [0.1, 0.15) is 140 Å². The molecule has 1 atom stereocenters. The van der Waals surface area contributed by atoms with Crippen LogP contribution >= 0.6 is 8.24 Å². The van der Waals surface area contributed by atoms with Crippen molar-refractivity contribution in [3.05, 3.63) is 29.8 Å². The molecule has 0 radical (unpaired) electrons. The molecule has 1 aromatic rings. The van der Waals surface area contributed by atoms with E-state index in [0.717, 1.165) is 17.7 Å². The quantitative estimate of drug-likeness (QED) is 0.134. The van der Waals surface area contributed by atoms with Crippen molar-refractivity contribution in [2.75, 3.05) is 0 Å². The monoisotopic (exact) mass is 704 g/mol. The smallest absolute Gasteiger partial charge is 1.00 e. The molecule has 0 aliphatic rings. The number of aliphatic hydroxyl groups is 1. The van der Waals surface area contributed by atoms with Gasteiger partial charge in [-0.3, -0.25) is 0 Å². The number of rotatable bonds is 21. The van der Waals surface area contributed by atoms with E-state index in [0.29, 0.717) is 5.56 Å². The number of unbranched alkanes of at least 4 members (excludes halogenated alkanes) is 13. The van der Waals surface area contributed by atoms with E-state index in [1.807, 2.05) is 12.1 Å². The van der Waals surface area contributed by atoms with Crippen LogP contribution in [0.3, 0.4) is 0 Å². The average Bonchev–Trinajstić information content (AvgIpc) is 2.84. The molecule has 0 heterocycles. The molecule has 194 valence electrons. The molecule has 0 fully saturated rings. The second-order valence-electron chi connectivity index (χ2n) is 9.46. The van der Waals surface area contributed by atoms with Crippen molar-refractivity contribution in [2.24, 2.45) is 0 Å². The third kappa shape index (κ3) is 25.0. The number of hydrogen-bond acceptors (Lipinski definition) is 4. The van der Waals surface area contributed by atoms with Gasteiger partial charge in [0.25, 0.3) is 0 Å². The summed E-state index contributed by atoms with van der Waals surface area (Å²) < 4.78 is 1.26. The first-order chi connectivity index (χ1) is 16.6. The van der Waals surface area contributed by atoms with Gasteiger partial charge in [0.05, 0.1) is 6.10 Å². The van der Waals surface area contributed by atoms with Gasteiger partial charge in [-0.05, 0) is 12.8 Å². The zero-order valence-corrected chi connectivity index (χ0v) is 31.8. The van der Waals surface area contributed by atoms with Crippen LogP contribution in [0.5, 0.6) is 0 Å². The zero-order chi connectivity index (χ0) is 25.3. The molecule has 0 spiro atoms. The van der Waals surface area contributed by atoms with Gasteiger partial charge in [-0.15, -0.1) is 0 Å². The number of hydrogen-bond donors (Lipinski definition) is 1. The second-order valence-corrected chi connectivity index (χ2v) is 22.6. The van der Waals surface area contributed by atoms with Gasteiger partial charge in [0.2, 0.25) is 0 Å². The average molecular weight is 703 g/mol. The van der Waals surface area contributed by atoms with Gasteiger partial charge < -0.3 is 5.11 Å². The Labute approximate surface area is 254 Å². The minimum absolute atomic E-state index is 0. The standard InChI is InChI=1S/C20H42O.C7H6O2S.C2H5.Hg.Na/c1-3-5-7-9-11-12-13-15-17-19-20(21)18-16-14-10-8-6-4-2;8-7(9)5-3-1-2-4-6(5)10;1-2;;/h20-21H,3-19H2,1-2H3;1-4,10H,(H,8,9);1H2,2H3;;/q;;;2*+1/p-2. The van der Waals surface area contributed by atoms with Crippen molar-refractivity contribution in [3.8, 4) is 0 Å². The molecule has 3 nitrogen and oxygen atoms in total. The summed E-state index contributed by atoms with van der Waals surface area (Å²) in [5, 5.41) is 20.6. The van der Waals surface area contributed by atoms with Gasteiger partial charge in [-0.1, -0.05) is 110 Å². The number of carbonyl (C=O) groups excluding carboxylic acids is 1. The molecule has 35 heavy (non-hydrogen) atoms. The summed E-state index contributed by atoms with van der Waals surface area (Å²) in [5.74, 6) is -1.06. The minimum atomic E-state index is -1.06. The zero-order valence-electron chi connectivity index (χ0n) is 23.5. The summed E-state index contributed by atoms with van der Waals surface area (Å²) in [6.07, 6.45) is 22.3. The first-order valence-electron chi connectivity index (χ1n) is 14.2. The first kappa shape index (κ1) is 38.1. The maximum absolute atomic E-state index is 10.7.